The molecule has 3 aromatic rings. The molecule has 0 aliphatic rings. The molecule has 6 nitrogen and oxygen atoms in total. The minimum absolute atomic E-state index is 0.0245. The summed E-state index contributed by atoms with van der Waals surface area (Å²) >= 11 is 5.77. The van der Waals surface area contributed by atoms with Crippen LogP contribution >= 0.6 is 11.6 Å². The normalized spacial score (nSPS) is 12.1. The van der Waals surface area contributed by atoms with E-state index in [0.29, 0.717) is 5.56 Å². The first-order chi connectivity index (χ1) is 15.1. The van der Waals surface area contributed by atoms with E-state index in [1.807, 2.05) is 0 Å². The highest BCUT2D eigenvalue weighted by Gasteiger charge is 2.25. The fourth-order valence-corrected chi connectivity index (χ4v) is 3.65. The molecule has 10 heteroatoms. The molecule has 170 valence electrons. The van der Waals surface area contributed by atoms with Gasteiger partial charge in [-0.05, 0) is 54.6 Å². The Bertz CT molecular complexity index is 1230. The van der Waals surface area contributed by atoms with E-state index in [-0.39, 0.29) is 41.1 Å². The van der Waals surface area contributed by atoms with Gasteiger partial charge < -0.3 is 19.9 Å². The summed E-state index contributed by atoms with van der Waals surface area (Å²) < 4.78 is 42.4. The first-order valence-electron chi connectivity index (χ1n) is 9.75. The maximum atomic E-state index is 14.0. The Hall–Kier alpha value is -3.04. The highest BCUT2D eigenvalue weighted by atomic mass is 35.5. The van der Waals surface area contributed by atoms with Crippen LogP contribution in [0.25, 0.3) is 10.8 Å². The molecule has 1 atom stereocenters. The predicted octanol–water partition coefficient (Wildman–Crippen LogP) is 4.59. The molecular weight excluding hydrogens is 447 g/mol. The Kier molecular flexibility index (Phi) is 7.10. The van der Waals surface area contributed by atoms with Gasteiger partial charge in [0.25, 0.3) is 5.56 Å². The van der Waals surface area contributed by atoms with Crippen LogP contribution in [0.4, 0.5) is 23.7 Å². The quantitative estimate of drug-likeness (QED) is 0.557. The van der Waals surface area contributed by atoms with Gasteiger partial charge in [-0.25, -0.2) is 18.0 Å². The number of urea groups is 1. The average Bonchev–Trinajstić information content (AvgIpc) is 2.75. The zero-order valence-corrected chi connectivity index (χ0v) is 18.1. The molecule has 32 heavy (non-hydrogen) atoms. The Morgan fingerprint density at radius 2 is 1.81 bits per heavy atom. The molecule has 1 unspecified atom stereocenters. The van der Waals surface area contributed by atoms with Gasteiger partial charge in [0, 0.05) is 32.1 Å². The van der Waals surface area contributed by atoms with Crippen LogP contribution in [0.2, 0.25) is 5.02 Å². The molecular formula is C22H21ClF3N3O3. The van der Waals surface area contributed by atoms with Crippen molar-refractivity contribution < 1.29 is 23.1 Å². The number of anilines is 1. The van der Waals surface area contributed by atoms with E-state index in [0.717, 1.165) is 18.2 Å². The molecule has 0 saturated carbocycles. The topological polar surface area (TPSA) is 74.6 Å². The van der Waals surface area contributed by atoms with Crippen LogP contribution in [0.5, 0.6) is 0 Å². The van der Waals surface area contributed by atoms with Crippen molar-refractivity contribution in [3.8, 4) is 0 Å². The molecule has 1 aromatic heterocycles. The third-order valence-electron chi connectivity index (χ3n) is 5.16. The van der Waals surface area contributed by atoms with Gasteiger partial charge in [-0.15, -0.1) is 0 Å². The number of carbonyl (C=O) groups is 1. The fourth-order valence-electron chi connectivity index (χ4n) is 3.47. The number of aliphatic hydroxyl groups is 1. The summed E-state index contributed by atoms with van der Waals surface area (Å²) in [6.07, 6.45) is 1.70. The van der Waals surface area contributed by atoms with Gasteiger partial charge in [0.2, 0.25) is 0 Å². The maximum Gasteiger partial charge on any atom is 0.322 e. The van der Waals surface area contributed by atoms with Gasteiger partial charge in [-0.3, -0.25) is 4.79 Å². The number of pyridine rings is 1. The van der Waals surface area contributed by atoms with Crippen molar-refractivity contribution in [1.82, 2.24) is 9.47 Å². The van der Waals surface area contributed by atoms with Gasteiger partial charge >= 0.3 is 6.03 Å². The van der Waals surface area contributed by atoms with Crippen LogP contribution in [0.3, 0.4) is 0 Å². The van der Waals surface area contributed by atoms with Crippen molar-refractivity contribution in [2.75, 3.05) is 18.5 Å². The Morgan fingerprint density at radius 1 is 1.16 bits per heavy atom. The number of nitrogens with zero attached hydrogens (tertiary/aromatic N) is 2. The molecule has 0 fully saturated rings. The first kappa shape index (κ1) is 23.6. The van der Waals surface area contributed by atoms with E-state index in [9.17, 15) is 27.9 Å². The second kappa shape index (κ2) is 9.62. The maximum absolute atomic E-state index is 14.0. The minimum Gasteiger partial charge on any atom is -0.396 e. The molecule has 0 radical (unpaired) electrons. The van der Waals surface area contributed by atoms with Gasteiger partial charge in [-0.2, -0.15) is 0 Å². The first-order valence-corrected chi connectivity index (χ1v) is 10.1. The van der Waals surface area contributed by atoms with Crippen LogP contribution in [0.1, 0.15) is 24.9 Å². The molecule has 0 aliphatic heterocycles. The minimum atomic E-state index is -1.15. The summed E-state index contributed by atoms with van der Waals surface area (Å²) in [5.74, 6) is -2.91. The zero-order chi connectivity index (χ0) is 23.6. The van der Waals surface area contributed by atoms with Crippen LogP contribution < -0.4 is 10.9 Å². The number of aromatic nitrogens is 1. The number of halogens is 4. The van der Waals surface area contributed by atoms with Gasteiger partial charge in [0.05, 0.1) is 16.5 Å². The number of amides is 2. The summed E-state index contributed by atoms with van der Waals surface area (Å²) in [6.45, 7) is 1.59. The van der Waals surface area contributed by atoms with E-state index >= 15 is 0 Å². The predicted molar refractivity (Wildman–Crippen MR) is 116 cm³/mol. The largest absolute Gasteiger partial charge is 0.396 e. The van der Waals surface area contributed by atoms with Gasteiger partial charge in [0.1, 0.15) is 5.82 Å². The lowest BCUT2D eigenvalue weighted by molar-refractivity contribution is 0.182. The number of hydrogen-bond acceptors (Lipinski definition) is 3. The second-order valence-corrected chi connectivity index (χ2v) is 7.73. The number of fused-ring (bicyclic) bond motifs is 1. The Morgan fingerprint density at radius 3 is 2.44 bits per heavy atom. The van der Waals surface area contributed by atoms with E-state index in [2.05, 4.69) is 5.32 Å². The molecule has 2 aromatic carbocycles. The smallest absolute Gasteiger partial charge is 0.322 e. The van der Waals surface area contributed by atoms with Crippen LogP contribution in [0.15, 0.2) is 41.3 Å². The lowest BCUT2D eigenvalue weighted by Crippen LogP contribution is -2.38. The lowest BCUT2D eigenvalue weighted by atomic mass is 10.0. The number of benzene rings is 2. The van der Waals surface area contributed by atoms with Crippen molar-refractivity contribution >= 4 is 34.1 Å². The van der Waals surface area contributed by atoms with Crippen molar-refractivity contribution in [3.63, 3.8) is 0 Å². The molecule has 2 N–H and O–H groups in total. The molecule has 0 spiro atoms. The van der Waals surface area contributed by atoms with Crippen LogP contribution in [0, 0.1) is 17.5 Å². The number of aliphatic hydroxyl groups excluding tert-OH is 1. The standard InChI is InChI=1S/C22H21ClF3N3O3/c1-12(16-11-28(2)21(31)15-10-20(26)19(25)9-14(15)16)29(6-3-7-30)22(32)27-13-4-5-18(24)17(23)8-13/h4-5,8-12,30H,3,6-7H2,1-2H3,(H,27,32). The molecule has 1 heterocycles. The van der Waals surface area contributed by atoms with Crippen molar-refractivity contribution in [1.29, 1.82) is 0 Å². The van der Waals surface area contributed by atoms with E-state index in [1.165, 1.54) is 34.8 Å². The van der Waals surface area contributed by atoms with Gasteiger partial charge in [0.15, 0.2) is 11.6 Å². The molecule has 0 aliphatic carbocycles. The third kappa shape index (κ3) is 4.73. The zero-order valence-electron chi connectivity index (χ0n) is 17.3. The highest BCUT2D eigenvalue weighted by Crippen LogP contribution is 2.29. The number of carbonyl (C=O) groups excluding carboxylic acids is 1. The summed E-state index contributed by atoms with van der Waals surface area (Å²) in [7, 11) is 1.47. The second-order valence-electron chi connectivity index (χ2n) is 7.32. The van der Waals surface area contributed by atoms with E-state index < -0.39 is 35.1 Å². The molecule has 0 bridgehead atoms. The number of aryl methyl sites for hydroxylation is 1. The molecule has 2 amide bonds. The van der Waals surface area contributed by atoms with Crippen LogP contribution in [-0.4, -0.2) is 33.8 Å². The summed E-state index contributed by atoms with van der Waals surface area (Å²) in [5.41, 5.74) is 0.148. The SMILES string of the molecule is CC(c1cn(C)c(=O)c2cc(F)c(F)cc12)N(CCCO)C(=O)Nc1ccc(F)c(Cl)c1. The van der Waals surface area contributed by atoms with Crippen molar-refractivity contribution in [2.45, 2.75) is 19.4 Å². The molecule has 0 saturated heterocycles. The third-order valence-corrected chi connectivity index (χ3v) is 5.45. The Balaban J connectivity index is 2.04. The molecule has 3 rings (SSSR count). The monoisotopic (exact) mass is 467 g/mol. The highest BCUT2D eigenvalue weighted by molar-refractivity contribution is 6.31. The van der Waals surface area contributed by atoms with Crippen LogP contribution in [-0.2, 0) is 7.05 Å². The number of rotatable bonds is 6. The number of nitrogens with one attached hydrogen (secondary N) is 1. The lowest BCUT2D eigenvalue weighted by Gasteiger charge is -2.30. The fraction of sp³-hybridized carbons (Fsp3) is 0.273. The van der Waals surface area contributed by atoms with E-state index in [1.54, 1.807) is 6.92 Å². The number of hydrogen-bond donors (Lipinski definition) is 2. The van der Waals surface area contributed by atoms with Crippen molar-refractivity contribution in [3.05, 3.63) is 74.9 Å². The van der Waals surface area contributed by atoms with E-state index in [4.69, 9.17) is 11.6 Å². The Labute approximate surface area is 186 Å². The summed E-state index contributed by atoms with van der Waals surface area (Å²) in [5, 5.41) is 11.9. The van der Waals surface area contributed by atoms with Gasteiger partial charge in [-0.1, -0.05) is 11.6 Å². The average molecular weight is 468 g/mol. The summed E-state index contributed by atoms with van der Waals surface area (Å²) in [6, 6.07) is 4.19. The van der Waals surface area contributed by atoms with Crippen molar-refractivity contribution in [2.24, 2.45) is 7.05 Å². The summed E-state index contributed by atoms with van der Waals surface area (Å²) in [4.78, 5) is 26.8.